The summed E-state index contributed by atoms with van der Waals surface area (Å²) in [6.45, 7) is 0.546. The van der Waals surface area contributed by atoms with Crippen LogP contribution in [0.15, 0.2) is 35.7 Å². The molecule has 0 radical (unpaired) electrons. The zero-order valence-electron chi connectivity index (χ0n) is 11.6. The number of hydrogen-bond donors (Lipinski definition) is 1. The van der Waals surface area contributed by atoms with Gasteiger partial charge in [-0.05, 0) is 29.6 Å². The monoisotopic (exact) mass is 290 g/mol. The van der Waals surface area contributed by atoms with Crippen LogP contribution >= 0.6 is 11.3 Å². The average molecular weight is 290 g/mol. The maximum absolute atomic E-state index is 11.9. The van der Waals surface area contributed by atoms with E-state index in [2.05, 4.69) is 6.07 Å². The number of nitrogen functional groups attached to an aromatic ring is 1. The van der Waals surface area contributed by atoms with E-state index in [9.17, 15) is 4.79 Å². The predicted octanol–water partition coefficient (Wildman–Crippen LogP) is 2.65. The number of amides is 1. The zero-order valence-corrected chi connectivity index (χ0v) is 12.4. The van der Waals surface area contributed by atoms with E-state index in [4.69, 9.17) is 10.5 Å². The lowest BCUT2D eigenvalue weighted by Crippen LogP contribution is -2.21. The minimum atomic E-state index is -0.0619. The molecule has 20 heavy (non-hydrogen) atoms. The summed E-state index contributed by atoms with van der Waals surface area (Å²) in [7, 11) is 3.44. The van der Waals surface area contributed by atoms with Gasteiger partial charge in [-0.15, -0.1) is 11.3 Å². The molecule has 0 spiro atoms. The molecular weight excluding hydrogens is 272 g/mol. The molecule has 0 atom stereocenters. The first-order chi connectivity index (χ1) is 9.58. The minimum absolute atomic E-state index is 0.0619. The van der Waals surface area contributed by atoms with Gasteiger partial charge in [0.1, 0.15) is 5.75 Å². The van der Waals surface area contributed by atoms with E-state index in [0.717, 1.165) is 6.42 Å². The molecule has 0 aliphatic heterocycles. The summed E-state index contributed by atoms with van der Waals surface area (Å²) < 4.78 is 5.69. The van der Waals surface area contributed by atoms with Gasteiger partial charge in [0.05, 0.1) is 12.3 Å². The van der Waals surface area contributed by atoms with Crippen molar-refractivity contribution in [3.63, 3.8) is 0 Å². The Bertz CT molecular complexity index is 580. The molecule has 1 amide bonds. The van der Waals surface area contributed by atoms with Crippen molar-refractivity contribution in [1.82, 2.24) is 4.90 Å². The number of benzene rings is 1. The highest BCUT2D eigenvalue weighted by Gasteiger charge is 2.11. The lowest BCUT2D eigenvalue weighted by atomic mass is 10.1. The molecule has 0 bridgehead atoms. The third kappa shape index (κ3) is 3.51. The summed E-state index contributed by atoms with van der Waals surface area (Å²) in [4.78, 5) is 14.7. The Kier molecular flexibility index (Phi) is 4.63. The highest BCUT2D eigenvalue weighted by atomic mass is 32.1. The molecule has 2 aromatic rings. The fraction of sp³-hybridized carbons (Fsp3) is 0.267. The van der Waals surface area contributed by atoms with E-state index >= 15 is 0 Å². The van der Waals surface area contributed by atoms with Crippen LogP contribution in [0.4, 0.5) is 5.69 Å². The Labute approximate surface area is 122 Å². The molecule has 1 aromatic carbocycles. The molecule has 1 heterocycles. The fourth-order valence-electron chi connectivity index (χ4n) is 1.77. The normalized spacial score (nSPS) is 10.3. The number of nitrogens with zero attached hydrogens (tertiary/aromatic N) is 1. The Morgan fingerprint density at radius 2 is 2.15 bits per heavy atom. The minimum Gasteiger partial charge on any atom is -0.491 e. The van der Waals surface area contributed by atoms with Gasteiger partial charge in [-0.2, -0.15) is 0 Å². The van der Waals surface area contributed by atoms with Crippen LogP contribution in [0.3, 0.4) is 0 Å². The summed E-state index contributed by atoms with van der Waals surface area (Å²) in [5, 5.41) is 2.04. The highest BCUT2D eigenvalue weighted by molar-refractivity contribution is 7.09. The standard InChI is InChI=1S/C15H18N2O2S/c1-17(2)15(18)11-5-6-13(16)14(10-11)19-8-7-12-4-3-9-20-12/h3-6,9-10H,7-8,16H2,1-2H3. The van der Waals surface area contributed by atoms with Crippen LogP contribution in [-0.2, 0) is 6.42 Å². The number of thiophene rings is 1. The van der Waals surface area contributed by atoms with Crippen LogP contribution < -0.4 is 10.5 Å². The van der Waals surface area contributed by atoms with E-state index in [0.29, 0.717) is 23.6 Å². The maximum atomic E-state index is 11.9. The van der Waals surface area contributed by atoms with Crippen molar-refractivity contribution in [3.8, 4) is 5.75 Å². The molecule has 0 saturated carbocycles. The summed E-state index contributed by atoms with van der Waals surface area (Å²) in [6, 6.07) is 9.21. The van der Waals surface area contributed by atoms with Gasteiger partial charge in [0, 0.05) is 31.0 Å². The first-order valence-electron chi connectivity index (χ1n) is 6.34. The molecule has 0 fully saturated rings. The van der Waals surface area contributed by atoms with Crippen LogP contribution in [0.1, 0.15) is 15.2 Å². The molecule has 106 valence electrons. The van der Waals surface area contributed by atoms with Crippen LogP contribution in [0, 0.1) is 0 Å². The Morgan fingerprint density at radius 1 is 1.35 bits per heavy atom. The maximum Gasteiger partial charge on any atom is 0.253 e. The van der Waals surface area contributed by atoms with Crippen molar-refractivity contribution in [2.24, 2.45) is 0 Å². The number of rotatable bonds is 5. The first kappa shape index (κ1) is 14.4. The van der Waals surface area contributed by atoms with Gasteiger partial charge in [0.2, 0.25) is 0 Å². The van der Waals surface area contributed by atoms with Gasteiger partial charge in [0.25, 0.3) is 5.91 Å². The van der Waals surface area contributed by atoms with Gasteiger partial charge in [-0.1, -0.05) is 6.07 Å². The fourth-order valence-corrected chi connectivity index (χ4v) is 2.46. The van der Waals surface area contributed by atoms with Crippen molar-refractivity contribution in [2.75, 3.05) is 26.4 Å². The number of hydrogen-bond acceptors (Lipinski definition) is 4. The second-order valence-corrected chi connectivity index (χ2v) is 5.66. The molecule has 0 aliphatic rings. The van der Waals surface area contributed by atoms with Crippen molar-refractivity contribution in [1.29, 1.82) is 0 Å². The quantitative estimate of drug-likeness (QED) is 0.861. The van der Waals surface area contributed by atoms with E-state index in [1.54, 1.807) is 43.6 Å². The SMILES string of the molecule is CN(C)C(=O)c1ccc(N)c(OCCc2cccs2)c1. The molecule has 0 unspecified atom stereocenters. The zero-order chi connectivity index (χ0) is 14.5. The molecule has 1 aromatic heterocycles. The average Bonchev–Trinajstić information content (AvgIpc) is 2.93. The van der Waals surface area contributed by atoms with E-state index in [1.807, 2.05) is 11.4 Å². The Morgan fingerprint density at radius 3 is 2.80 bits per heavy atom. The number of carbonyl (C=O) groups excluding carboxylic acids is 1. The topological polar surface area (TPSA) is 55.6 Å². The van der Waals surface area contributed by atoms with Crippen LogP contribution in [0.5, 0.6) is 5.75 Å². The summed E-state index contributed by atoms with van der Waals surface area (Å²) >= 11 is 1.70. The van der Waals surface area contributed by atoms with Crippen molar-refractivity contribution < 1.29 is 9.53 Å². The second-order valence-electron chi connectivity index (χ2n) is 4.63. The van der Waals surface area contributed by atoms with Crippen molar-refractivity contribution >= 4 is 22.9 Å². The van der Waals surface area contributed by atoms with Gasteiger partial charge in [-0.3, -0.25) is 4.79 Å². The van der Waals surface area contributed by atoms with Gasteiger partial charge in [-0.25, -0.2) is 0 Å². The number of nitrogens with two attached hydrogens (primary N) is 1. The molecule has 4 nitrogen and oxygen atoms in total. The third-order valence-electron chi connectivity index (χ3n) is 2.85. The van der Waals surface area contributed by atoms with E-state index in [-0.39, 0.29) is 5.91 Å². The van der Waals surface area contributed by atoms with Gasteiger partial charge in [0.15, 0.2) is 0 Å². The van der Waals surface area contributed by atoms with Crippen LogP contribution in [-0.4, -0.2) is 31.5 Å². The Hall–Kier alpha value is -2.01. The number of carbonyl (C=O) groups is 1. The molecular formula is C15H18N2O2S. The summed E-state index contributed by atoms with van der Waals surface area (Å²) in [6.07, 6.45) is 0.836. The summed E-state index contributed by atoms with van der Waals surface area (Å²) in [5.41, 5.74) is 7.00. The van der Waals surface area contributed by atoms with Gasteiger partial charge < -0.3 is 15.4 Å². The van der Waals surface area contributed by atoms with E-state index in [1.165, 1.54) is 9.78 Å². The lowest BCUT2D eigenvalue weighted by molar-refractivity contribution is 0.0827. The van der Waals surface area contributed by atoms with Crippen LogP contribution in [0.25, 0.3) is 0 Å². The lowest BCUT2D eigenvalue weighted by Gasteiger charge is -2.13. The van der Waals surface area contributed by atoms with Crippen molar-refractivity contribution in [3.05, 3.63) is 46.2 Å². The van der Waals surface area contributed by atoms with E-state index < -0.39 is 0 Å². The van der Waals surface area contributed by atoms with Gasteiger partial charge >= 0.3 is 0 Å². The highest BCUT2D eigenvalue weighted by Crippen LogP contribution is 2.23. The smallest absolute Gasteiger partial charge is 0.253 e. The molecule has 5 heteroatoms. The number of ether oxygens (including phenoxy) is 1. The molecule has 0 aliphatic carbocycles. The second kappa shape index (κ2) is 6.43. The number of anilines is 1. The molecule has 0 saturated heterocycles. The first-order valence-corrected chi connectivity index (χ1v) is 7.22. The Balaban J connectivity index is 2.03. The molecule has 2 N–H and O–H groups in total. The van der Waals surface area contributed by atoms with Crippen LogP contribution in [0.2, 0.25) is 0 Å². The third-order valence-corrected chi connectivity index (χ3v) is 3.79. The van der Waals surface area contributed by atoms with Crippen molar-refractivity contribution in [2.45, 2.75) is 6.42 Å². The predicted molar refractivity (Wildman–Crippen MR) is 82.4 cm³/mol. The molecule has 2 rings (SSSR count). The largest absolute Gasteiger partial charge is 0.491 e. The summed E-state index contributed by atoms with van der Waals surface area (Å²) in [5.74, 6) is 0.502.